The minimum Gasteiger partial charge on any atom is -0.484 e. The maximum atomic E-state index is 13.0. The minimum absolute atomic E-state index is 0.169. The predicted octanol–water partition coefficient (Wildman–Crippen LogP) is 4.87. The summed E-state index contributed by atoms with van der Waals surface area (Å²) in [5.74, 6) is 0.363. The molecule has 0 aromatic heterocycles. The number of benzene rings is 2. The van der Waals surface area contributed by atoms with Gasteiger partial charge in [0.1, 0.15) is 11.8 Å². The van der Waals surface area contributed by atoms with E-state index in [2.05, 4.69) is 5.32 Å². The van der Waals surface area contributed by atoms with E-state index in [0.717, 1.165) is 5.56 Å². The molecule has 2 rings (SSSR count). The molecule has 0 heterocycles. The molecule has 0 aliphatic carbocycles. The summed E-state index contributed by atoms with van der Waals surface area (Å²) < 4.78 is 5.64. The van der Waals surface area contributed by atoms with Crippen molar-refractivity contribution in [1.82, 2.24) is 10.2 Å². The Balaban J connectivity index is 2.16. The zero-order chi connectivity index (χ0) is 22.3. The molecule has 5 nitrogen and oxygen atoms in total. The Morgan fingerprint density at radius 3 is 2.33 bits per heavy atom. The predicted molar refractivity (Wildman–Crippen MR) is 121 cm³/mol. The number of hydrogen-bond acceptors (Lipinski definition) is 3. The SMILES string of the molecule is Cc1ccc(OCC(=O)N(Cc2ccc(Cl)cc2Cl)C(C)C(=O)NCC(C)C)cc1. The molecule has 0 fully saturated rings. The largest absolute Gasteiger partial charge is 0.484 e. The van der Waals surface area contributed by atoms with Crippen molar-refractivity contribution in [2.75, 3.05) is 13.2 Å². The fraction of sp³-hybridized carbons (Fsp3) is 0.391. The third-order valence-corrected chi connectivity index (χ3v) is 5.18. The Bertz CT molecular complexity index is 869. The molecule has 162 valence electrons. The number of aryl methyl sites for hydroxylation is 1. The van der Waals surface area contributed by atoms with Gasteiger partial charge < -0.3 is 15.0 Å². The van der Waals surface area contributed by atoms with Gasteiger partial charge in [0.05, 0.1) is 0 Å². The van der Waals surface area contributed by atoms with Crippen molar-refractivity contribution in [2.45, 2.75) is 40.3 Å². The van der Waals surface area contributed by atoms with Crippen LogP contribution in [0.2, 0.25) is 10.0 Å². The van der Waals surface area contributed by atoms with Gasteiger partial charge in [0.15, 0.2) is 6.61 Å². The highest BCUT2D eigenvalue weighted by molar-refractivity contribution is 6.35. The van der Waals surface area contributed by atoms with Crippen LogP contribution in [0.4, 0.5) is 0 Å². The van der Waals surface area contributed by atoms with Gasteiger partial charge in [-0.3, -0.25) is 9.59 Å². The first-order chi connectivity index (χ1) is 14.2. The lowest BCUT2D eigenvalue weighted by Crippen LogP contribution is -2.49. The summed E-state index contributed by atoms with van der Waals surface area (Å²) in [6, 6.07) is 11.8. The van der Waals surface area contributed by atoms with Gasteiger partial charge in [-0.1, -0.05) is 60.8 Å². The maximum Gasteiger partial charge on any atom is 0.261 e. The highest BCUT2D eigenvalue weighted by Gasteiger charge is 2.27. The van der Waals surface area contributed by atoms with Crippen molar-refractivity contribution >= 4 is 35.0 Å². The molecule has 30 heavy (non-hydrogen) atoms. The van der Waals surface area contributed by atoms with Crippen molar-refractivity contribution in [3.63, 3.8) is 0 Å². The minimum atomic E-state index is -0.690. The molecule has 0 aliphatic heterocycles. The highest BCUT2D eigenvalue weighted by Crippen LogP contribution is 2.23. The highest BCUT2D eigenvalue weighted by atomic mass is 35.5. The number of amides is 2. The lowest BCUT2D eigenvalue weighted by Gasteiger charge is -2.29. The van der Waals surface area contributed by atoms with Crippen LogP contribution in [0.1, 0.15) is 31.9 Å². The van der Waals surface area contributed by atoms with Crippen molar-refractivity contribution in [3.8, 4) is 5.75 Å². The second kappa shape index (κ2) is 11.2. The number of carbonyl (C=O) groups is 2. The smallest absolute Gasteiger partial charge is 0.261 e. The van der Waals surface area contributed by atoms with Crippen molar-refractivity contribution in [2.24, 2.45) is 5.92 Å². The van der Waals surface area contributed by atoms with Gasteiger partial charge in [-0.05, 0) is 49.6 Å². The molecule has 1 atom stereocenters. The zero-order valence-electron chi connectivity index (χ0n) is 17.7. The molecule has 2 aromatic carbocycles. The zero-order valence-corrected chi connectivity index (χ0v) is 19.3. The van der Waals surface area contributed by atoms with Gasteiger partial charge in [0, 0.05) is 23.1 Å². The van der Waals surface area contributed by atoms with E-state index in [1.165, 1.54) is 4.90 Å². The standard InChI is InChI=1S/C23H28Cl2N2O3/c1-15(2)12-26-23(29)17(4)27(13-18-7-8-19(24)11-21(18)25)22(28)14-30-20-9-5-16(3)6-10-20/h5-11,15,17H,12-14H2,1-4H3,(H,26,29). The van der Waals surface area contributed by atoms with E-state index < -0.39 is 6.04 Å². The number of carbonyl (C=O) groups excluding carboxylic acids is 2. The second-order valence-corrected chi connectivity index (χ2v) is 8.52. The molecular weight excluding hydrogens is 423 g/mol. The summed E-state index contributed by atoms with van der Waals surface area (Å²) in [5, 5.41) is 3.82. The van der Waals surface area contributed by atoms with Crippen LogP contribution < -0.4 is 10.1 Å². The quantitative estimate of drug-likeness (QED) is 0.592. The normalized spacial score (nSPS) is 11.8. The van der Waals surface area contributed by atoms with Gasteiger partial charge >= 0.3 is 0 Å². The third-order valence-electron chi connectivity index (χ3n) is 4.59. The Kier molecular flexibility index (Phi) is 9.00. The van der Waals surface area contributed by atoms with E-state index in [4.69, 9.17) is 27.9 Å². The monoisotopic (exact) mass is 450 g/mol. The summed E-state index contributed by atoms with van der Waals surface area (Å²) >= 11 is 12.3. The van der Waals surface area contributed by atoms with E-state index in [1.807, 2.05) is 45.0 Å². The van der Waals surface area contributed by atoms with Crippen LogP contribution in [0.5, 0.6) is 5.75 Å². The van der Waals surface area contributed by atoms with Crippen molar-refractivity contribution in [3.05, 3.63) is 63.6 Å². The molecule has 2 amide bonds. The Hall–Kier alpha value is -2.24. The number of rotatable bonds is 9. The summed E-state index contributed by atoms with van der Waals surface area (Å²) in [4.78, 5) is 27.1. The van der Waals surface area contributed by atoms with Crippen LogP contribution in [0.25, 0.3) is 0 Å². The summed E-state index contributed by atoms with van der Waals surface area (Å²) in [6.45, 7) is 8.21. The van der Waals surface area contributed by atoms with Crippen LogP contribution >= 0.6 is 23.2 Å². The molecule has 0 spiro atoms. The Morgan fingerprint density at radius 2 is 1.73 bits per heavy atom. The maximum absolute atomic E-state index is 13.0. The van der Waals surface area contributed by atoms with Crippen LogP contribution in [0, 0.1) is 12.8 Å². The van der Waals surface area contributed by atoms with Gasteiger partial charge in [-0.25, -0.2) is 0 Å². The molecule has 1 N–H and O–H groups in total. The lowest BCUT2D eigenvalue weighted by atomic mass is 10.1. The summed E-state index contributed by atoms with van der Waals surface area (Å²) in [7, 11) is 0. The van der Waals surface area contributed by atoms with E-state index >= 15 is 0 Å². The fourth-order valence-corrected chi connectivity index (χ4v) is 3.20. The van der Waals surface area contributed by atoms with E-state index in [-0.39, 0.29) is 25.0 Å². The molecule has 7 heteroatoms. The molecule has 0 aliphatic rings. The third kappa shape index (κ3) is 7.22. The molecule has 0 saturated heterocycles. The van der Waals surface area contributed by atoms with E-state index in [1.54, 1.807) is 25.1 Å². The number of nitrogens with zero attached hydrogens (tertiary/aromatic N) is 1. The fourth-order valence-electron chi connectivity index (χ4n) is 2.73. The molecule has 0 radical (unpaired) electrons. The second-order valence-electron chi connectivity index (χ2n) is 7.67. The van der Waals surface area contributed by atoms with Gasteiger partial charge in [0.25, 0.3) is 5.91 Å². The summed E-state index contributed by atoms with van der Waals surface area (Å²) in [6.07, 6.45) is 0. The summed E-state index contributed by atoms with van der Waals surface area (Å²) in [5.41, 5.74) is 1.80. The van der Waals surface area contributed by atoms with Gasteiger partial charge in [0.2, 0.25) is 5.91 Å². The van der Waals surface area contributed by atoms with Crippen molar-refractivity contribution in [1.29, 1.82) is 0 Å². The average molecular weight is 451 g/mol. The van der Waals surface area contributed by atoms with Crippen LogP contribution in [0.3, 0.4) is 0 Å². The van der Waals surface area contributed by atoms with Gasteiger partial charge in [-0.15, -0.1) is 0 Å². The molecular formula is C23H28Cl2N2O3. The van der Waals surface area contributed by atoms with Crippen LogP contribution in [-0.4, -0.2) is 35.9 Å². The van der Waals surface area contributed by atoms with Crippen LogP contribution in [-0.2, 0) is 16.1 Å². The topological polar surface area (TPSA) is 58.6 Å². The number of ether oxygens (including phenoxy) is 1. The van der Waals surface area contributed by atoms with Crippen LogP contribution in [0.15, 0.2) is 42.5 Å². The van der Waals surface area contributed by atoms with Crippen molar-refractivity contribution < 1.29 is 14.3 Å². The number of halogens is 2. The Morgan fingerprint density at radius 1 is 1.07 bits per heavy atom. The first-order valence-corrected chi connectivity index (χ1v) is 10.6. The number of hydrogen-bond donors (Lipinski definition) is 1. The van der Waals surface area contributed by atoms with Gasteiger partial charge in [-0.2, -0.15) is 0 Å². The average Bonchev–Trinajstić information content (AvgIpc) is 2.70. The first kappa shape index (κ1) is 24.0. The van der Waals surface area contributed by atoms with E-state index in [9.17, 15) is 9.59 Å². The molecule has 1 unspecified atom stereocenters. The van der Waals surface area contributed by atoms with E-state index in [0.29, 0.717) is 33.8 Å². The Labute approximate surface area is 188 Å². The molecule has 0 saturated carbocycles. The molecule has 0 bridgehead atoms. The first-order valence-electron chi connectivity index (χ1n) is 9.88. The number of nitrogens with one attached hydrogen (secondary N) is 1. The lowest BCUT2D eigenvalue weighted by molar-refractivity contribution is -0.142. The molecule has 2 aromatic rings.